The lowest BCUT2D eigenvalue weighted by atomic mass is 10.1. The van der Waals surface area contributed by atoms with Gasteiger partial charge in [0, 0.05) is 17.1 Å². The number of benzene rings is 2. The van der Waals surface area contributed by atoms with E-state index in [1.807, 2.05) is 41.1 Å². The number of fused-ring (bicyclic) bond motifs is 1. The molecule has 3 rings (SSSR count). The molecule has 21 heavy (non-hydrogen) atoms. The van der Waals surface area contributed by atoms with Crippen LogP contribution in [0.3, 0.4) is 0 Å². The van der Waals surface area contributed by atoms with Crippen LogP contribution in [0.25, 0.3) is 10.9 Å². The predicted molar refractivity (Wildman–Crippen MR) is 84.0 cm³/mol. The van der Waals surface area contributed by atoms with E-state index in [1.54, 1.807) is 13.2 Å². The summed E-state index contributed by atoms with van der Waals surface area (Å²) in [5.41, 5.74) is 2.92. The molecular weight excluding hydrogens is 262 g/mol. The standard InChI is InChI=1S/C18H17NO2/c1-13-6-5-8-16-14(13)10-11-19(16)12-17(20)15-7-3-4-9-18(15)21-2/h3-11H,12H2,1-2H3. The Kier molecular flexibility index (Phi) is 3.48. The highest BCUT2D eigenvalue weighted by Gasteiger charge is 2.13. The molecule has 1 aromatic heterocycles. The molecule has 0 radical (unpaired) electrons. The van der Waals surface area contributed by atoms with Crippen LogP contribution in [0.2, 0.25) is 0 Å². The Morgan fingerprint density at radius 2 is 1.90 bits per heavy atom. The van der Waals surface area contributed by atoms with Gasteiger partial charge in [-0.2, -0.15) is 0 Å². The summed E-state index contributed by atoms with van der Waals surface area (Å²) in [7, 11) is 1.58. The maximum Gasteiger partial charge on any atom is 0.186 e. The number of hydrogen-bond donors (Lipinski definition) is 0. The fraction of sp³-hybridized carbons (Fsp3) is 0.167. The highest BCUT2D eigenvalue weighted by molar-refractivity contribution is 5.99. The number of hydrogen-bond acceptors (Lipinski definition) is 2. The molecule has 0 aliphatic carbocycles. The smallest absolute Gasteiger partial charge is 0.186 e. The summed E-state index contributed by atoms with van der Waals surface area (Å²) < 4.78 is 7.25. The van der Waals surface area contributed by atoms with Crippen molar-refractivity contribution in [1.82, 2.24) is 4.57 Å². The first-order valence-corrected chi connectivity index (χ1v) is 6.91. The van der Waals surface area contributed by atoms with Crippen LogP contribution in [0.4, 0.5) is 0 Å². The number of Topliss-reactive ketones (excluding diaryl/α,β-unsaturated/α-hetero) is 1. The molecule has 1 heterocycles. The van der Waals surface area contributed by atoms with E-state index in [0.717, 1.165) is 5.52 Å². The van der Waals surface area contributed by atoms with Crippen LogP contribution >= 0.6 is 0 Å². The zero-order valence-electron chi connectivity index (χ0n) is 12.2. The Bertz CT molecular complexity index is 802. The van der Waals surface area contributed by atoms with Crippen LogP contribution in [0.1, 0.15) is 15.9 Å². The van der Waals surface area contributed by atoms with Crippen molar-refractivity contribution in [2.75, 3.05) is 7.11 Å². The second-order valence-electron chi connectivity index (χ2n) is 5.07. The average molecular weight is 279 g/mol. The SMILES string of the molecule is COc1ccccc1C(=O)Cn1ccc2c(C)cccc21. The molecule has 0 bridgehead atoms. The van der Waals surface area contributed by atoms with E-state index in [1.165, 1.54) is 10.9 Å². The zero-order chi connectivity index (χ0) is 14.8. The Labute approximate surface area is 123 Å². The van der Waals surface area contributed by atoms with Gasteiger partial charge >= 0.3 is 0 Å². The number of aryl methyl sites for hydroxylation is 1. The zero-order valence-corrected chi connectivity index (χ0v) is 12.2. The van der Waals surface area contributed by atoms with Crippen molar-refractivity contribution < 1.29 is 9.53 Å². The largest absolute Gasteiger partial charge is 0.496 e. The van der Waals surface area contributed by atoms with E-state index in [4.69, 9.17) is 4.74 Å². The summed E-state index contributed by atoms with van der Waals surface area (Å²) in [5, 5.41) is 1.19. The molecule has 2 aromatic carbocycles. The molecule has 0 N–H and O–H groups in total. The Hall–Kier alpha value is -2.55. The van der Waals surface area contributed by atoms with Crippen LogP contribution in [-0.2, 0) is 6.54 Å². The molecule has 3 nitrogen and oxygen atoms in total. The number of ether oxygens (including phenoxy) is 1. The quantitative estimate of drug-likeness (QED) is 0.679. The second-order valence-corrected chi connectivity index (χ2v) is 5.07. The number of nitrogens with zero attached hydrogens (tertiary/aromatic N) is 1. The molecule has 0 unspecified atom stereocenters. The van der Waals surface area contributed by atoms with Crippen LogP contribution in [0, 0.1) is 6.92 Å². The maximum atomic E-state index is 12.5. The van der Waals surface area contributed by atoms with Crippen LogP contribution < -0.4 is 4.74 Å². The normalized spacial score (nSPS) is 10.8. The first-order chi connectivity index (χ1) is 10.2. The van der Waals surface area contributed by atoms with Gasteiger partial charge in [-0.3, -0.25) is 4.79 Å². The molecule has 0 saturated carbocycles. The van der Waals surface area contributed by atoms with E-state index < -0.39 is 0 Å². The number of aromatic nitrogens is 1. The molecular formula is C18H17NO2. The van der Waals surface area contributed by atoms with Gasteiger partial charge in [-0.05, 0) is 36.8 Å². The number of rotatable bonds is 4. The summed E-state index contributed by atoms with van der Waals surface area (Å²) in [6.45, 7) is 2.39. The van der Waals surface area contributed by atoms with E-state index in [0.29, 0.717) is 17.9 Å². The third-order valence-corrected chi connectivity index (χ3v) is 3.75. The van der Waals surface area contributed by atoms with Gasteiger partial charge in [-0.25, -0.2) is 0 Å². The molecule has 0 saturated heterocycles. The summed E-state index contributed by atoms with van der Waals surface area (Å²) in [6, 6.07) is 15.5. The topological polar surface area (TPSA) is 31.2 Å². The van der Waals surface area contributed by atoms with Crippen LogP contribution in [0.5, 0.6) is 5.75 Å². The number of carbonyl (C=O) groups is 1. The fourth-order valence-electron chi connectivity index (χ4n) is 2.63. The molecule has 106 valence electrons. The number of carbonyl (C=O) groups excluding carboxylic acids is 1. The van der Waals surface area contributed by atoms with Gasteiger partial charge < -0.3 is 9.30 Å². The minimum Gasteiger partial charge on any atom is -0.496 e. The van der Waals surface area contributed by atoms with Crippen molar-refractivity contribution >= 4 is 16.7 Å². The lowest BCUT2D eigenvalue weighted by Gasteiger charge is -2.09. The van der Waals surface area contributed by atoms with Crippen LogP contribution in [0.15, 0.2) is 54.7 Å². The lowest BCUT2D eigenvalue weighted by molar-refractivity contribution is 0.0970. The first-order valence-electron chi connectivity index (χ1n) is 6.91. The number of para-hydroxylation sites is 1. The summed E-state index contributed by atoms with van der Waals surface area (Å²) in [4.78, 5) is 12.5. The molecule has 0 spiro atoms. The van der Waals surface area contributed by atoms with E-state index in [9.17, 15) is 4.79 Å². The van der Waals surface area contributed by atoms with Crippen molar-refractivity contribution in [2.24, 2.45) is 0 Å². The third-order valence-electron chi connectivity index (χ3n) is 3.75. The second kappa shape index (κ2) is 5.44. The highest BCUT2D eigenvalue weighted by atomic mass is 16.5. The monoisotopic (exact) mass is 279 g/mol. The van der Waals surface area contributed by atoms with E-state index >= 15 is 0 Å². The van der Waals surface area contributed by atoms with Crippen molar-refractivity contribution in [1.29, 1.82) is 0 Å². The highest BCUT2D eigenvalue weighted by Crippen LogP contribution is 2.22. The average Bonchev–Trinajstić information content (AvgIpc) is 2.92. The fourth-order valence-corrected chi connectivity index (χ4v) is 2.63. The van der Waals surface area contributed by atoms with Crippen molar-refractivity contribution in [3.8, 4) is 5.75 Å². The van der Waals surface area contributed by atoms with Gasteiger partial charge in [0.2, 0.25) is 0 Å². The molecule has 0 aliphatic heterocycles. The summed E-state index contributed by atoms with van der Waals surface area (Å²) in [5.74, 6) is 0.668. The molecule has 0 atom stereocenters. The minimum atomic E-state index is 0.0476. The van der Waals surface area contributed by atoms with Crippen molar-refractivity contribution in [3.63, 3.8) is 0 Å². The van der Waals surface area contributed by atoms with Gasteiger partial charge in [0.05, 0.1) is 19.2 Å². The summed E-state index contributed by atoms with van der Waals surface area (Å²) >= 11 is 0. The van der Waals surface area contributed by atoms with Gasteiger partial charge in [0.1, 0.15) is 5.75 Å². The Morgan fingerprint density at radius 1 is 1.10 bits per heavy atom. The predicted octanol–water partition coefficient (Wildman–Crippen LogP) is 3.84. The van der Waals surface area contributed by atoms with Crippen molar-refractivity contribution in [2.45, 2.75) is 13.5 Å². The van der Waals surface area contributed by atoms with E-state index in [2.05, 4.69) is 19.1 Å². The van der Waals surface area contributed by atoms with Crippen LogP contribution in [-0.4, -0.2) is 17.5 Å². The Balaban J connectivity index is 1.95. The van der Waals surface area contributed by atoms with Gasteiger partial charge in [-0.15, -0.1) is 0 Å². The molecule has 0 amide bonds. The van der Waals surface area contributed by atoms with E-state index in [-0.39, 0.29) is 5.78 Å². The Morgan fingerprint density at radius 3 is 2.71 bits per heavy atom. The minimum absolute atomic E-state index is 0.0476. The van der Waals surface area contributed by atoms with Crippen molar-refractivity contribution in [3.05, 3.63) is 65.9 Å². The molecule has 3 heteroatoms. The lowest BCUT2D eigenvalue weighted by Crippen LogP contribution is -2.10. The van der Waals surface area contributed by atoms with Gasteiger partial charge in [0.25, 0.3) is 0 Å². The maximum absolute atomic E-state index is 12.5. The number of ketones is 1. The molecule has 3 aromatic rings. The number of methoxy groups -OCH3 is 1. The third kappa shape index (κ3) is 2.42. The molecule has 0 aliphatic rings. The molecule has 0 fully saturated rings. The van der Waals surface area contributed by atoms with Gasteiger partial charge in [-0.1, -0.05) is 24.3 Å². The van der Waals surface area contributed by atoms with Gasteiger partial charge in [0.15, 0.2) is 5.78 Å². The summed E-state index contributed by atoms with van der Waals surface area (Å²) in [6.07, 6.45) is 1.96. The first kappa shape index (κ1) is 13.4.